The van der Waals surface area contributed by atoms with Gasteiger partial charge >= 0.3 is 0 Å². The second-order valence-corrected chi connectivity index (χ2v) is 7.33. The first-order valence-electron chi connectivity index (χ1n) is 9.51. The van der Waals surface area contributed by atoms with E-state index in [1.807, 2.05) is 6.07 Å². The Balaban J connectivity index is 1.62. The molecule has 2 aliphatic rings. The molecular weight excluding hydrogens is 330 g/mol. The predicted molar refractivity (Wildman–Crippen MR) is 101 cm³/mol. The van der Waals surface area contributed by atoms with Crippen LogP contribution in [-0.4, -0.2) is 30.3 Å². The van der Waals surface area contributed by atoms with Gasteiger partial charge in [-0.3, -0.25) is 14.4 Å². The molecule has 26 heavy (non-hydrogen) atoms. The lowest BCUT2D eigenvalue weighted by Crippen LogP contribution is -2.39. The molecule has 6 nitrogen and oxygen atoms in total. The van der Waals surface area contributed by atoms with E-state index in [2.05, 4.69) is 10.6 Å². The molecule has 1 aromatic rings. The van der Waals surface area contributed by atoms with Crippen molar-refractivity contribution >= 4 is 29.1 Å². The standard InChI is InChI=1S/C20H27N3O3/c1-14(24)21-17-9-6-10-18(12-17)23-13-15(11-19(23)25)20(26)22-16-7-4-2-3-5-8-16/h6,9-10,12,15-16H,2-5,7-8,11,13H2,1H3,(H,21,24)(H,22,26). The highest BCUT2D eigenvalue weighted by molar-refractivity contribution is 6.01. The maximum atomic E-state index is 12.6. The van der Waals surface area contributed by atoms with Gasteiger partial charge in [0.2, 0.25) is 17.7 Å². The van der Waals surface area contributed by atoms with Crippen LogP contribution in [0.4, 0.5) is 11.4 Å². The lowest BCUT2D eigenvalue weighted by Gasteiger charge is -2.20. The third-order valence-corrected chi connectivity index (χ3v) is 5.18. The van der Waals surface area contributed by atoms with Gasteiger partial charge in [-0.05, 0) is 31.0 Å². The Labute approximate surface area is 154 Å². The number of carbonyl (C=O) groups is 3. The van der Waals surface area contributed by atoms with Gasteiger partial charge in [-0.1, -0.05) is 31.7 Å². The van der Waals surface area contributed by atoms with Crippen molar-refractivity contribution < 1.29 is 14.4 Å². The van der Waals surface area contributed by atoms with Crippen molar-refractivity contribution in [2.75, 3.05) is 16.8 Å². The van der Waals surface area contributed by atoms with E-state index in [0.717, 1.165) is 25.7 Å². The smallest absolute Gasteiger partial charge is 0.227 e. The summed E-state index contributed by atoms with van der Waals surface area (Å²) in [6.45, 7) is 1.84. The minimum absolute atomic E-state index is 0.00855. The van der Waals surface area contributed by atoms with Crippen LogP contribution in [0.2, 0.25) is 0 Å². The summed E-state index contributed by atoms with van der Waals surface area (Å²) in [5, 5.41) is 5.88. The fraction of sp³-hybridized carbons (Fsp3) is 0.550. The number of benzene rings is 1. The fourth-order valence-corrected chi connectivity index (χ4v) is 3.83. The first-order valence-corrected chi connectivity index (χ1v) is 9.51. The maximum Gasteiger partial charge on any atom is 0.227 e. The molecule has 1 heterocycles. The molecule has 1 saturated heterocycles. The molecule has 1 aromatic carbocycles. The van der Waals surface area contributed by atoms with E-state index in [-0.39, 0.29) is 36.1 Å². The van der Waals surface area contributed by atoms with Crippen LogP contribution in [0.15, 0.2) is 24.3 Å². The first kappa shape index (κ1) is 18.4. The van der Waals surface area contributed by atoms with E-state index in [4.69, 9.17) is 0 Å². The molecule has 6 heteroatoms. The molecule has 2 N–H and O–H groups in total. The lowest BCUT2D eigenvalue weighted by molar-refractivity contribution is -0.127. The van der Waals surface area contributed by atoms with E-state index in [0.29, 0.717) is 17.9 Å². The van der Waals surface area contributed by atoms with Crippen molar-refractivity contribution in [3.63, 3.8) is 0 Å². The van der Waals surface area contributed by atoms with Crippen LogP contribution in [0.1, 0.15) is 51.9 Å². The molecule has 0 bridgehead atoms. The lowest BCUT2D eigenvalue weighted by atomic mass is 10.0. The van der Waals surface area contributed by atoms with Gasteiger partial charge in [0, 0.05) is 37.3 Å². The van der Waals surface area contributed by atoms with Gasteiger partial charge in [-0.25, -0.2) is 0 Å². The van der Waals surface area contributed by atoms with E-state index >= 15 is 0 Å². The third kappa shape index (κ3) is 4.62. The molecule has 0 aromatic heterocycles. The van der Waals surface area contributed by atoms with Crippen LogP contribution in [0.3, 0.4) is 0 Å². The zero-order chi connectivity index (χ0) is 18.5. The van der Waals surface area contributed by atoms with Crippen LogP contribution in [0.5, 0.6) is 0 Å². The minimum atomic E-state index is -0.310. The predicted octanol–water partition coefficient (Wildman–Crippen LogP) is 2.84. The molecular formula is C20H27N3O3. The molecule has 1 atom stereocenters. The molecule has 0 spiro atoms. The van der Waals surface area contributed by atoms with Gasteiger partial charge in [-0.2, -0.15) is 0 Å². The summed E-state index contributed by atoms with van der Waals surface area (Å²) in [7, 11) is 0. The topological polar surface area (TPSA) is 78.5 Å². The molecule has 1 aliphatic carbocycles. The van der Waals surface area contributed by atoms with Gasteiger partial charge < -0.3 is 15.5 Å². The zero-order valence-corrected chi connectivity index (χ0v) is 15.3. The number of anilines is 2. The average Bonchev–Trinajstić information content (AvgIpc) is 2.81. The Kier molecular flexibility index (Phi) is 5.91. The number of carbonyl (C=O) groups excluding carboxylic acids is 3. The number of amides is 3. The summed E-state index contributed by atoms with van der Waals surface area (Å²) < 4.78 is 0. The van der Waals surface area contributed by atoms with Gasteiger partial charge in [0.05, 0.1) is 5.92 Å². The molecule has 1 saturated carbocycles. The fourth-order valence-electron chi connectivity index (χ4n) is 3.83. The summed E-state index contributed by atoms with van der Waals surface area (Å²) >= 11 is 0. The van der Waals surface area contributed by atoms with Crippen LogP contribution in [-0.2, 0) is 14.4 Å². The van der Waals surface area contributed by atoms with Crippen molar-refractivity contribution in [3.05, 3.63) is 24.3 Å². The van der Waals surface area contributed by atoms with Crippen molar-refractivity contribution in [2.24, 2.45) is 5.92 Å². The highest BCUT2D eigenvalue weighted by atomic mass is 16.2. The molecule has 0 radical (unpaired) electrons. The van der Waals surface area contributed by atoms with Crippen LogP contribution < -0.4 is 15.5 Å². The van der Waals surface area contributed by atoms with E-state index in [9.17, 15) is 14.4 Å². The molecule has 2 fully saturated rings. The van der Waals surface area contributed by atoms with E-state index in [1.54, 1.807) is 23.1 Å². The normalized spacial score (nSPS) is 21.3. The minimum Gasteiger partial charge on any atom is -0.353 e. The summed E-state index contributed by atoms with van der Waals surface area (Å²) in [5.41, 5.74) is 1.36. The Hall–Kier alpha value is -2.37. The van der Waals surface area contributed by atoms with Crippen molar-refractivity contribution in [2.45, 2.75) is 57.9 Å². The average molecular weight is 357 g/mol. The number of hydrogen-bond donors (Lipinski definition) is 2. The first-order chi connectivity index (χ1) is 12.5. The highest BCUT2D eigenvalue weighted by Gasteiger charge is 2.35. The van der Waals surface area contributed by atoms with Crippen LogP contribution >= 0.6 is 0 Å². The molecule has 1 aliphatic heterocycles. The van der Waals surface area contributed by atoms with Crippen molar-refractivity contribution in [3.8, 4) is 0 Å². The molecule has 140 valence electrons. The van der Waals surface area contributed by atoms with Crippen LogP contribution in [0.25, 0.3) is 0 Å². The quantitative estimate of drug-likeness (QED) is 0.814. The zero-order valence-electron chi connectivity index (χ0n) is 15.3. The highest BCUT2D eigenvalue weighted by Crippen LogP contribution is 2.28. The summed E-state index contributed by atoms with van der Waals surface area (Å²) in [4.78, 5) is 37.9. The largest absolute Gasteiger partial charge is 0.353 e. The number of rotatable bonds is 4. The monoisotopic (exact) mass is 357 g/mol. The SMILES string of the molecule is CC(=O)Nc1cccc(N2CC(C(=O)NC3CCCCCC3)CC2=O)c1. The van der Waals surface area contributed by atoms with Crippen molar-refractivity contribution in [1.29, 1.82) is 0 Å². The van der Waals surface area contributed by atoms with Gasteiger partial charge in [0.15, 0.2) is 0 Å². The Morgan fingerprint density at radius 1 is 1.12 bits per heavy atom. The Morgan fingerprint density at radius 2 is 1.85 bits per heavy atom. The molecule has 3 amide bonds. The summed E-state index contributed by atoms with van der Waals surface area (Å²) in [5.74, 6) is -0.525. The van der Waals surface area contributed by atoms with Gasteiger partial charge in [0.25, 0.3) is 0 Å². The second-order valence-electron chi connectivity index (χ2n) is 7.33. The van der Waals surface area contributed by atoms with E-state index < -0.39 is 0 Å². The second kappa shape index (κ2) is 8.34. The van der Waals surface area contributed by atoms with Gasteiger partial charge in [-0.15, -0.1) is 0 Å². The third-order valence-electron chi connectivity index (χ3n) is 5.18. The van der Waals surface area contributed by atoms with E-state index in [1.165, 1.54) is 19.8 Å². The number of nitrogens with one attached hydrogen (secondary N) is 2. The number of nitrogens with zero attached hydrogens (tertiary/aromatic N) is 1. The molecule has 1 unspecified atom stereocenters. The maximum absolute atomic E-state index is 12.6. The van der Waals surface area contributed by atoms with Gasteiger partial charge in [0.1, 0.15) is 0 Å². The van der Waals surface area contributed by atoms with Crippen molar-refractivity contribution in [1.82, 2.24) is 5.32 Å². The summed E-state index contributed by atoms with van der Waals surface area (Å²) in [6.07, 6.45) is 7.12. The van der Waals surface area contributed by atoms with Crippen LogP contribution in [0, 0.1) is 5.92 Å². The summed E-state index contributed by atoms with van der Waals surface area (Å²) in [6, 6.07) is 7.42. The number of hydrogen-bond acceptors (Lipinski definition) is 3. The Morgan fingerprint density at radius 3 is 2.54 bits per heavy atom. The molecule has 3 rings (SSSR count). The Bertz CT molecular complexity index is 681.